The average molecular weight is 355 g/mol. The van der Waals surface area contributed by atoms with E-state index < -0.39 is 15.8 Å². The minimum absolute atomic E-state index is 0.0188. The number of sulfone groups is 1. The highest BCUT2D eigenvalue weighted by Gasteiger charge is 2.29. The van der Waals surface area contributed by atoms with Crippen LogP contribution in [0.2, 0.25) is 0 Å². The third-order valence-corrected chi connectivity index (χ3v) is 5.50. The molecule has 1 aliphatic rings. The van der Waals surface area contributed by atoms with E-state index in [1.807, 2.05) is 13.8 Å². The Bertz CT molecular complexity index is 741. The summed E-state index contributed by atoms with van der Waals surface area (Å²) in [5.41, 5.74) is 0.305. The number of anilines is 1. The topological polar surface area (TPSA) is 110 Å². The minimum atomic E-state index is -3.04. The lowest BCUT2D eigenvalue weighted by Crippen LogP contribution is -2.19. The molecule has 0 saturated carbocycles. The van der Waals surface area contributed by atoms with Crippen molar-refractivity contribution in [1.29, 1.82) is 0 Å². The van der Waals surface area contributed by atoms with Gasteiger partial charge in [0.05, 0.1) is 28.9 Å². The Balaban J connectivity index is 2.12. The van der Waals surface area contributed by atoms with Crippen LogP contribution in [0.15, 0.2) is 18.2 Å². The van der Waals surface area contributed by atoms with Gasteiger partial charge in [-0.25, -0.2) is 13.2 Å². The monoisotopic (exact) mass is 355 g/mol. The fraction of sp³-hybridized carbons (Fsp3) is 0.500. The molecule has 2 N–H and O–H groups in total. The molecule has 132 valence electrons. The summed E-state index contributed by atoms with van der Waals surface area (Å²) in [6.45, 7) is 3.64. The molecular weight excluding hydrogens is 334 g/mol. The smallest absolute Gasteiger partial charge is 0.335 e. The minimum Gasteiger partial charge on any atom is -0.489 e. The Hall–Kier alpha value is -2.09. The van der Waals surface area contributed by atoms with Gasteiger partial charge in [-0.1, -0.05) is 0 Å². The van der Waals surface area contributed by atoms with Crippen molar-refractivity contribution in [3.63, 3.8) is 0 Å². The predicted molar refractivity (Wildman–Crippen MR) is 89.2 cm³/mol. The number of rotatable bonds is 6. The molecule has 0 bridgehead atoms. The van der Waals surface area contributed by atoms with Gasteiger partial charge in [-0.05, 0) is 44.4 Å². The maximum atomic E-state index is 12.2. The second-order valence-corrected chi connectivity index (χ2v) is 8.43. The molecule has 1 aliphatic heterocycles. The van der Waals surface area contributed by atoms with E-state index in [9.17, 15) is 18.0 Å². The van der Waals surface area contributed by atoms with Crippen LogP contribution in [0.25, 0.3) is 0 Å². The van der Waals surface area contributed by atoms with E-state index in [4.69, 9.17) is 9.84 Å². The lowest BCUT2D eigenvalue weighted by atomic mass is 10.0. The zero-order chi connectivity index (χ0) is 17.9. The number of carboxylic acid groups (broad SMARTS) is 1. The summed E-state index contributed by atoms with van der Waals surface area (Å²) in [7, 11) is -3.04. The summed E-state index contributed by atoms with van der Waals surface area (Å²) in [4.78, 5) is 23.3. The summed E-state index contributed by atoms with van der Waals surface area (Å²) < 4.78 is 28.5. The number of nitrogens with one attached hydrogen (secondary N) is 1. The maximum Gasteiger partial charge on any atom is 0.335 e. The number of amides is 1. The van der Waals surface area contributed by atoms with Gasteiger partial charge in [-0.2, -0.15) is 0 Å². The van der Waals surface area contributed by atoms with Crippen molar-refractivity contribution in [3.05, 3.63) is 23.8 Å². The average Bonchev–Trinajstić information content (AvgIpc) is 2.78. The summed E-state index contributed by atoms with van der Waals surface area (Å²) in [6, 6.07) is 4.24. The van der Waals surface area contributed by atoms with Gasteiger partial charge in [0.1, 0.15) is 5.75 Å². The number of ether oxygens (including phenoxy) is 1. The molecule has 0 spiro atoms. The Kier molecular flexibility index (Phi) is 5.48. The summed E-state index contributed by atoms with van der Waals surface area (Å²) in [5.74, 6) is -1.15. The number of hydrogen-bond donors (Lipinski definition) is 2. The lowest BCUT2D eigenvalue weighted by Gasteiger charge is -2.16. The van der Waals surface area contributed by atoms with Gasteiger partial charge in [0, 0.05) is 6.42 Å². The first-order valence-electron chi connectivity index (χ1n) is 7.70. The molecule has 1 saturated heterocycles. The van der Waals surface area contributed by atoms with Crippen molar-refractivity contribution in [2.45, 2.75) is 32.8 Å². The van der Waals surface area contributed by atoms with Crippen molar-refractivity contribution >= 4 is 27.4 Å². The first kappa shape index (κ1) is 18.3. The number of carboxylic acids is 1. The summed E-state index contributed by atoms with van der Waals surface area (Å²) in [5, 5.41) is 11.7. The highest BCUT2D eigenvalue weighted by molar-refractivity contribution is 7.91. The normalized spacial score (nSPS) is 19.2. The van der Waals surface area contributed by atoms with Gasteiger partial charge in [-0.3, -0.25) is 4.79 Å². The molecule has 24 heavy (non-hydrogen) atoms. The second kappa shape index (κ2) is 7.21. The van der Waals surface area contributed by atoms with Crippen LogP contribution in [0.4, 0.5) is 5.69 Å². The van der Waals surface area contributed by atoms with E-state index in [1.165, 1.54) is 18.2 Å². The van der Waals surface area contributed by atoms with Crippen LogP contribution >= 0.6 is 0 Å². The van der Waals surface area contributed by atoms with Crippen LogP contribution in [-0.2, 0) is 14.6 Å². The maximum absolute atomic E-state index is 12.2. The molecular formula is C16H21NO6S. The van der Waals surface area contributed by atoms with Gasteiger partial charge in [0.15, 0.2) is 9.84 Å². The van der Waals surface area contributed by atoms with Crippen molar-refractivity contribution in [1.82, 2.24) is 0 Å². The Morgan fingerprint density at radius 2 is 2.08 bits per heavy atom. The van der Waals surface area contributed by atoms with E-state index >= 15 is 0 Å². The summed E-state index contributed by atoms with van der Waals surface area (Å²) in [6.07, 6.45) is 0.411. The lowest BCUT2D eigenvalue weighted by molar-refractivity contribution is -0.116. The zero-order valence-electron chi connectivity index (χ0n) is 13.6. The van der Waals surface area contributed by atoms with E-state index in [2.05, 4.69) is 5.32 Å². The number of aromatic carboxylic acids is 1. The Morgan fingerprint density at radius 1 is 1.38 bits per heavy atom. The third kappa shape index (κ3) is 4.95. The fourth-order valence-electron chi connectivity index (χ4n) is 2.61. The van der Waals surface area contributed by atoms with Gasteiger partial charge in [0.25, 0.3) is 0 Å². The van der Waals surface area contributed by atoms with Crippen molar-refractivity contribution in [3.8, 4) is 5.75 Å². The fourth-order valence-corrected chi connectivity index (χ4v) is 4.48. The molecule has 0 aliphatic carbocycles. The first-order chi connectivity index (χ1) is 11.2. The summed E-state index contributed by atoms with van der Waals surface area (Å²) >= 11 is 0. The molecule has 2 rings (SSSR count). The first-order valence-corrected chi connectivity index (χ1v) is 9.52. The standard InChI is InChI=1S/C16H21NO6S/c1-10(2)23-14-4-3-12(16(19)20)8-13(14)17-15(18)7-11-5-6-24(21,22)9-11/h3-4,8,10-11H,5-7,9H2,1-2H3,(H,17,18)(H,19,20). The molecule has 8 heteroatoms. The van der Waals surface area contributed by atoms with Crippen LogP contribution in [-0.4, -0.2) is 43.0 Å². The molecule has 0 radical (unpaired) electrons. The zero-order valence-corrected chi connectivity index (χ0v) is 14.4. The van der Waals surface area contributed by atoms with Crippen LogP contribution in [0, 0.1) is 5.92 Å². The van der Waals surface area contributed by atoms with Crippen LogP contribution in [0.3, 0.4) is 0 Å². The van der Waals surface area contributed by atoms with Crippen LogP contribution in [0.5, 0.6) is 5.75 Å². The molecule has 1 amide bonds. The van der Waals surface area contributed by atoms with Crippen LogP contribution in [0.1, 0.15) is 37.0 Å². The van der Waals surface area contributed by atoms with Gasteiger partial charge >= 0.3 is 5.97 Å². The highest BCUT2D eigenvalue weighted by atomic mass is 32.2. The molecule has 1 atom stereocenters. The second-order valence-electron chi connectivity index (χ2n) is 6.20. The molecule has 1 aromatic carbocycles. The third-order valence-electron chi connectivity index (χ3n) is 3.66. The number of hydrogen-bond acceptors (Lipinski definition) is 5. The van der Waals surface area contributed by atoms with E-state index in [0.29, 0.717) is 12.2 Å². The van der Waals surface area contributed by atoms with Crippen molar-refractivity contribution in [2.24, 2.45) is 5.92 Å². The molecule has 1 aromatic rings. The quantitative estimate of drug-likeness (QED) is 0.807. The number of carbonyl (C=O) groups excluding carboxylic acids is 1. The van der Waals surface area contributed by atoms with Crippen molar-refractivity contribution < 1.29 is 27.9 Å². The van der Waals surface area contributed by atoms with E-state index in [-0.39, 0.29) is 47.1 Å². The van der Waals surface area contributed by atoms with Gasteiger partial charge in [-0.15, -0.1) is 0 Å². The molecule has 1 heterocycles. The predicted octanol–water partition coefficient (Wildman–Crippen LogP) is 1.94. The number of carbonyl (C=O) groups is 2. The SMILES string of the molecule is CC(C)Oc1ccc(C(=O)O)cc1NC(=O)CC1CCS(=O)(=O)C1. The van der Waals surface area contributed by atoms with Gasteiger partial charge < -0.3 is 15.2 Å². The molecule has 0 aromatic heterocycles. The number of benzene rings is 1. The van der Waals surface area contributed by atoms with Crippen molar-refractivity contribution in [2.75, 3.05) is 16.8 Å². The van der Waals surface area contributed by atoms with Crippen LogP contribution < -0.4 is 10.1 Å². The Labute approximate surface area is 140 Å². The van der Waals surface area contributed by atoms with E-state index in [0.717, 1.165) is 0 Å². The largest absolute Gasteiger partial charge is 0.489 e. The molecule has 1 fully saturated rings. The van der Waals surface area contributed by atoms with Gasteiger partial charge in [0.2, 0.25) is 5.91 Å². The highest BCUT2D eigenvalue weighted by Crippen LogP contribution is 2.28. The van der Waals surface area contributed by atoms with E-state index in [1.54, 1.807) is 0 Å². The Morgan fingerprint density at radius 3 is 2.62 bits per heavy atom. The molecule has 7 nitrogen and oxygen atoms in total. The molecule has 1 unspecified atom stereocenters.